The van der Waals surface area contributed by atoms with Gasteiger partial charge in [0, 0.05) is 25.2 Å². The summed E-state index contributed by atoms with van der Waals surface area (Å²) in [5, 5.41) is 12.0. The Morgan fingerprint density at radius 1 is 1.08 bits per heavy atom. The van der Waals surface area contributed by atoms with E-state index >= 15 is 0 Å². The molecule has 1 aliphatic heterocycles. The first-order valence-corrected chi connectivity index (χ1v) is 12.3. The number of benzene rings is 3. The summed E-state index contributed by atoms with van der Waals surface area (Å²) in [6.07, 6.45) is 0. The number of fused-ring (bicyclic) bond motifs is 2. The van der Waals surface area contributed by atoms with Gasteiger partial charge in [0.15, 0.2) is 16.7 Å². The maximum atomic E-state index is 13.8. The molecule has 7 nitrogen and oxygen atoms in total. The zero-order valence-corrected chi connectivity index (χ0v) is 20.6. The van der Waals surface area contributed by atoms with E-state index in [1.165, 1.54) is 23.1 Å². The highest BCUT2D eigenvalue weighted by molar-refractivity contribution is 7.22. The van der Waals surface area contributed by atoms with E-state index < -0.39 is 29.3 Å². The number of aliphatic hydroxyl groups is 1. The van der Waals surface area contributed by atoms with Crippen LogP contribution in [-0.2, 0) is 4.79 Å². The van der Waals surface area contributed by atoms with Crippen LogP contribution in [-0.4, -0.2) is 35.9 Å². The number of hydrogen-bond acceptors (Lipinski definition) is 7. The van der Waals surface area contributed by atoms with Crippen LogP contribution in [0.1, 0.15) is 22.2 Å². The number of halogens is 1. The second-order valence-electron chi connectivity index (χ2n) is 8.91. The molecule has 1 unspecified atom stereocenters. The third-order valence-corrected chi connectivity index (χ3v) is 7.39. The molecule has 1 aliphatic rings. The molecule has 5 aromatic rings. The number of hydrogen-bond donors (Lipinski definition) is 1. The van der Waals surface area contributed by atoms with Crippen LogP contribution in [0, 0.1) is 5.82 Å². The fraction of sp³-hybridized carbons (Fsp3) is 0.107. The molecule has 0 saturated carbocycles. The third kappa shape index (κ3) is 3.75. The van der Waals surface area contributed by atoms with Gasteiger partial charge in [-0.25, -0.2) is 9.37 Å². The van der Waals surface area contributed by atoms with Gasteiger partial charge in [0.25, 0.3) is 5.91 Å². The number of Topliss-reactive ketones (excluding diaryl/α,β-unsaturated/α-hetero) is 1. The average Bonchev–Trinajstić information content (AvgIpc) is 3.57. The third-order valence-electron chi connectivity index (χ3n) is 6.37. The molecule has 1 N–H and O–H groups in total. The number of para-hydroxylation sites is 1. The minimum Gasteiger partial charge on any atom is -0.503 e. The van der Waals surface area contributed by atoms with Gasteiger partial charge < -0.3 is 14.4 Å². The summed E-state index contributed by atoms with van der Waals surface area (Å²) in [5.41, 5.74) is 2.45. The van der Waals surface area contributed by atoms with Gasteiger partial charge in [-0.1, -0.05) is 41.7 Å². The minimum absolute atomic E-state index is 0.0127. The van der Waals surface area contributed by atoms with Crippen LogP contribution < -0.4 is 9.80 Å². The molecule has 0 bridgehead atoms. The second-order valence-corrected chi connectivity index (χ2v) is 9.92. The summed E-state index contributed by atoms with van der Waals surface area (Å²) < 4.78 is 20.2. The summed E-state index contributed by atoms with van der Waals surface area (Å²) in [7, 11) is 3.81. The molecule has 2 aromatic heterocycles. The summed E-state index contributed by atoms with van der Waals surface area (Å²) in [4.78, 5) is 34.9. The van der Waals surface area contributed by atoms with Crippen molar-refractivity contribution in [2.24, 2.45) is 0 Å². The highest BCUT2D eigenvalue weighted by Gasteiger charge is 2.46. The molecule has 0 fully saturated rings. The lowest BCUT2D eigenvalue weighted by molar-refractivity contribution is -0.117. The first-order valence-electron chi connectivity index (χ1n) is 11.4. The number of aliphatic hydroxyl groups excluding tert-OH is 1. The maximum Gasteiger partial charge on any atom is 0.296 e. The molecule has 0 aliphatic carbocycles. The van der Waals surface area contributed by atoms with Crippen LogP contribution in [0.4, 0.5) is 15.2 Å². The summed E-state index contributed by atoms with van der Waals surface area (Å²) >= 11 is 1.11. The molecule has 3 aromatic carbocycles. The van der Waals surface area contributed by atoms with Crippen molar-refractivity contribution in [1.82, 2.24) is 4.98 Å². The Balaban J connectivity index is 1.50. The second kappa shape index (κ2) is 8.56. The SMILES string of the molecule is CN(C)c1ccc(C2C(C(=O)c3cc4ccccc4o3)=C(O)C(=O)N2c2nc3ccc(F)cc3s2)cc1. The number of aromatic nitrogens is 1. The number of furan rings is 1. The van der Waals surface area contributed by atoms with Crippen molar-refractivity contribution in [2.75, 3.05) is 23.9 Å². The zero-order chi connectivity index (χ0) is 25.8. The zero-order valence-electron chi connectivity index (χ0n) is 19.8. The molecule has 1 amide bonds. The molecule has 0 saturated heterocycles. The summed E-state index contributed by atoms with van der Waals surface area (Å²) in [6.45, 7) is 0. The average molecular weight is 514 g/mol. The predicted molar refractivity (Wildman–Crippen MR) is 141 cm³/mol. The van der Waals surface area contributed by atoms with E-state index in [4.69, 9.17) is 4.42 Å². The van der Waals surface area contributed by atoms with Crippen LogP contribution in [0.5, 0.6) is 0 Å². The lowest BCUT2D eigenvalue weighted by Gasteiger charge is -2.25. The van der Waals surface area contributed by atoms with E-state index in [2.05, 4.69) is 4.98 Å². The van der Waals surface area contributed by atoms with Crippen molar-refractivity contribution in [3.05, 3.63) is 101 Å². The Kier molecular flexibility index (Phi) is 5.31. The standard InChI is InChI=1S/C28H20FN3O4S/c1-31(2)18-10-7-15(8-11-18)24-23(25(33)21-13-16-5-3-4-6-20(16)36-21)26(34)27(35)32(24)28-30-19-12-9-17(29)14-22(19)37-28/h3-14,24,34H,1-2H3. The highest BCUT2D eigenvalue weighted by atomic mass is 32.1. The molecule has 1 atom stereocenters. The lowest BCUT2D eigenvalue weighted by Crippen LogP contribution is -2.31. The number of anilines is 2. The number of rotatable bonds is 5. The molecule has 6 rings (SSSR count). The fourth-order valence-corrected chi connectivity index (χ4v) is 5.54. The van der Waals surface area contributed by atoms with Gasteiger partial charge in [0.05, 0.1) is 21.8 Å². The smallest absolute Gasteiger partial charge is 0.296 e. The van der Waals surface area contributed by atoms with Crippen LogP contribution in [0.2, 0.25) is 0 Å². The maximum absolute atomic E-state index is 13.8. The van der Waals surface area contributed by atoms with Crippen LogP contribution >= 0.6 is 11.3 Å². The van der Waals surface area contributed by atoms with Gasteiger partial charge in [0.1, 0.15) is 11.4 Å². The molecular formula is C28H20FN3O4S. The Hall–Kier alpha value is -4.50. The van der Waals surface area contributed by atoms with E-state index in [1.54, 1.807) is 30.3 Å². The Labute approximate surface area is 214 Å². The van der Waals surface area contributed by atoms with Gasteiger partial charge in [-0.3, -0.25) is 14.5 Å². The molecule has 0 spiro atoms. The van der Waals surface area contributed by atoms with Crippen LogP contribution in [0.15, 0.2) is 88.5 Å². The number of ketones is 1. The normalized spacial score (nSPS) is 15.8. The number of carbonyl (C=O) groups is 2. The van der Waals surface area contributed by atoms with E-state index in [0.29, 0.717) is 21.4 Å². The van der Waals surface area contributed by atoms with Gasteiger partial charge in [0.2, 0.25) is 5.78 Å². The van der Waals surface area contributed by atoms with Gasteiger partial charge in [-0.2, -0.15) is 0 Å². The Morgan fingerprint density at radius 2 is 1.84 bits per heavy atom. The van der Waals surface area contributed by atoms with E-state index in [-0.39, 0.29) is 16.5 Å². The molecule has 0 radical (unpaired) electrons. The molecule has 9 heteroatoms. The lowest BCUT2D eigenvalue weighted by atomic mass is 9.95. The largest absolute Gasteiger partial charge is 0.503 e. The molecule has 3 heterocycles. The number of carbonyl (C=O) groups excluding carboxylic acids is 2. The summed E-state index contributed by atoms with van der Waals surface area (Å²) in [5.74, 6) is -2.44. The highest BCUT2D eigenvalue weighted by Crippen LogP contribution is 2.44. The number of nitrogens with zero attached hydrogens (tertiary/aromatic N) is 3. The van der Waals surface area contributed by atoms with Crippen LogP contribution in [0.3, 0.4) is 0 Å². The first kappa shape index (κ1) is 22.9. The topological polar surface area (TPSA) is 86.9 Å². The van der Waals surface area contributed by atoms with Crippen molar-refractivity contribution >= 4 is 55.0 Å². The van der Waals surface area contributed by atoms with Crippen molar-refractivity contribution in [2.45, 2.75) is 6.04 Å². The van der Waals surface area contributed by atoms with Crippen molar-refractivity contribution in [1.29, 1.82) is 0 Å². The number of thiazole rings is 1. The van der Waals surface area contributed by atoms with Gasteiger partial charge >= 0.3 is 0 Å². The van der Waals surface area contributed by atoms with Crippen LogP contribution in [0.25, 0.3) is 21.2 Å². The molecule has 37 heavy (non-hydrogen) atoms. The first-order chi connectivity index (χ1) is 17.8. The minimum atomic E-state index is -0.963. The monoisotopic (exact) mass is 513 g/mol. The molecular weight excluding hydrogens is 493 g/mol. The predicted octanol–water partition coefficient (Wildman–Crippen LogP) is 6.03. The van der Waals surface area contributed by atoms with Gasteiger partial charge in [-0.05, 0) is 48.0 Å². The van der Waals surface area contributed by atoms with E-state index in [1.807, 2.05) is 43.3 Å². The van der Waals surface area contributed by atoms with Crippen molar-refractivity contribution in [3.8, 4) is 0 Å². The van der Waals surface area contributed by atoms with Gasteiger partial charge in [-0.15, -0.1) is 0 Å². The fourth-order valence-electron chi connectivity index (χ4n) is 4.52. The molecule has 184 valence electrons. The quantitative estimate of drug-likeness (QED) is 0.289. The van der Waals surface area contributed by atoms with Crippen molar-refractivity contribution < 1.29 is 23.5 Å². The van der Waals surface area contributed by atoms with E-state index in [9.17, 15) is 19.1 Å². The van der Waals surface area contributed by atoms with E-state index in [0.717, 1.165) is 22.4 Å². The summed E-state index contributed by atoms with van der Waals surface area (Å²) in [6, 6.07) is 19.3. The number of amides is 1. The Bertz CT molecular complexity index is 1700. The Morgan fingerprint density at radius 3 is 2.57 bits per heavy atom. The van der Waals surface area contributed by atoms with Crippen molar-refractivity contribution in [3.63, 3.8) is 0 Å².